The first-order valence-electron chi connectivity index (χ1n) is 6.00. The van der Waals surface area contributed by atoms with Gasteiger partial charge in [-0.05, 0) is 49.1 Å². The third-order valence-electron chi connectivity index (χ3n) is 3.17. The highest BCUT2D eigenvalue weighted by atomic mass is 19.1. The lowest BCUT2D eigenvalue weighted by atomic mass is 9.99. The van der Waals surface area contributed by atoms with Crippen molar-refractivity contribution in [2.45, 2.75) is 26.3 Å². The third-order valence-corrected chi connectivity index (χ3v) is 3.17. The number of aryl methyl sites for hydroxylation is 2. The molecule has 2 rings (SSSR count). The van der Waals surface area contributed by atoms with Crippen LogP contribution in [0.5, 0.6) is 0 Å². The van der Waals surface area contributed by atoms with Gasteiger partial charge in [-0.25, -0.2) is 4.39 Å². The van der Waals surface area contributed by atoms with E-state index < -0.39 is 6.04 Å². The van der Waals surface area contributed by atoms with Gasteiger partial charge >= 0.3 is 0 Å². The second kappa shape index (κ2) is 5.27. The Morgan fingerprint density at radius 2 is 2.00 bits per heavy atom. The van der Waals surface area contributed by atoms with Crippen molar-refractivity contribution in [3.63, 3.8) is 0 Å². The van der Waals surface area contributed by atoms with Gasteiger partial charge in [0.25, 0.3) is 0 Å². The van der Waals surface area contributed by atoms with E-state index in [2.05, 4.69) is 31.0 Å². The first kappa shape index (κ1) is 12.7. The van der Waals surface area contributed by atoms with Crippen LogP contribution in [0.15, 0.2) is 36.5 Å². The van der Waals surface area contributed by atoms with Gasteiger partial charge < -0.3 is 5.73 Å². The van der Waals surface area contributed by atoms with E-state index in [4.69, 9.17) is 5.73 Å². The molecule has 18 heavy (non-hydrogen) atoms. The summed E-state index contributed by atoms with van der Waals surface area (Å²) < 4.78 is 13.5. The summed E-state index contributed by atoms with van der Waals surface area (Å²) in [7, 11) is 0. The van der Waals surface area contributed by atoms with Gasteiger partial charge in [0.1, 0.15) is 5.82 Å². The van der Waals surface area contributed by atoms with Crippen molar-refractivity contribution < 1.29 is 4.39 Å². The number of hydrogen-bond donors (Lipinski definition) is 1. The zero-order chi connectivity index (χ0) is 13.1. The average Bonchev–Trinajstić information content (AvgIpc) is 2.34. The minimum absolute atomic E-state index is 0.329. The number of benzene rings is 1. The summed E-state index contributed by atoms with van der Waals surface area (Å²) >= 11 is 0. The van der Waals surface area contributed by atoms with Crippen LogP contribution >= 0.6 is 0 Å². The van der Waals surface area contributed by atoms with Gasteiger partial charge in [-0.1, -0.05) is 18.2 Å². The molecule has 2 nitrogen and oxygen atoms in total. The summed E-state index contributed by atoms with van der Waals surface area (Å²) in [5, 5.41) is 0. The van der Waals surface area contributed by atoms with E-state index in [1.807, 2.05) is 6.07 Å². The fourth-order valence-corrected chi connectivity index (χ4v) is 1.95. The fraction of sp³-hybridized carbons (Fsp3) is 0.267. The van der Waals surface area contributed by atoms with Crippen LogP contribution in [0.4, 0.5) is 4.39 Å². The molecule has 0 spiro atoms. The predicted octanol–water partition coefficient (Wildman–Crippen LogP) is 3.08. The molecule has 0 amide bonds. The predicted molar refractivity (Wildman–Crippen MR) is 70.7 cm³/mol. The third kappa shape index (κ3) is 2.74. The van der Waals surface area contributed by atoms with Crippen LogP contribution in [0.3, 0.4) is 0 Å². The smallest absolute Gasteiger partial charge is 0.146 e. The Bertz CT molecular complexity index is 552. The minimum Gasteiger partial charge on any atom is -0.322 e. The number of nitrogens with zero attached hydrogens (tertiary/aromatic N) is 1. The van der Waals surface area contributed by atoms with E-state index in [0.717, 1.165) is 5.56 Å². The molecule has 0 saturated heterocycles. The maximum Gasteiger partial charge on any atom is 0.146 e. The van der Waals surface area contributed by atoms with Crippen molar-refractivity contribution in [3.8, 4) is 0 Å². The Morgan fingerprint density at radius 3 is 2.67 bits per heavy atom. The second-order valence-electron chi connectivity index (χ2n) is 4.60. The second-order valence-corrected chi connectivity index (χ2v) is 4.60. The van der Waals surface area contributed by atoms with Gasteiger partial charge in [-0.2, -0.15) is 0 Å². The van der Waals surface area contributed by atoms with Crippen molar-refractivity contribution in [1.29, 1.82) is 0 Å². The fourth-order valence-electron chi connectivity index (χ4n) is 1.95. The number of nitrogens with two attached hydrogens (primary N) is 1. The summed E-state index contributed by atoms with van der Waals surface area (Å²) in [6, 6.07) is 8.74. The van der Waals surface area contributed by atoms with Crippen LogP contribution in [0.25, 0.3) is 0 Å². The van der Waals surface area contributed by atoms with Crippen molar-refractivity contribution >= 4 is 0 Å². The standard InChI is InChI=1S/C15H17FN2/c1-10-5-6-12(8-11(10)2)9-14(17)15-13(16)4-3-7-18-15/h3-8,14H,9,17H2,1-2H3. The minimum atomic E-state index is -0.409. The Labute approximate surface area is 107 Å². The largest absolute Gasteiger partial charge is 0.322 e. The molecular weight excluding hydrogens is 227 g/mol. The van der Waals surface area contributed by atoms with Gasteiger partial charge in [0.15, 0.2) is 0 Å². The first-order valence-corrected chi connectivity index (χ1v) is 6.00. The van der Waals surface area contributed by atoms with E-state index >= 15 is 0 Å². The van der Waals surface area contributed by atoms with Crippen molar-refractivity contribution in [3.05, 3.63) is 64.7 Å². The number of pyridine rings is 1. The highest BCUT2D eigenvalue weighted by Crippen LogP contribution is 2.18. The molecule has 0 fully saturated rings. The number of aromatic nitrogens is 1. The summed E-state index contributed by atoms with van der Waals surface area (Å²) in [4.78, 5) is 4.01. The van der Waals surface area contributed by atoms with Gasteiger partial charge in [0.2, 0.25) is 0 Å². The van der Waals surface area contributed by atoms with E-state index in [1.165, 1.54) is 17.2 Å². The van der Waals surface area contributed by atoms with Crippen molar-refractivity contribution in [2.75, 3.05) is 0 Å². The summed E-state index contributed by atoms with van der Waals surface area (Å²) in [5.41, 5.74) is 9.92. The number of hydrogen-bond acceptors (Lipinski definition) is 2. The van der Waals surface area contributed by atoms with Crippen LogP contribution < -0.4 is 5.73 Å². The van der Waals surface area contributed by atoms with Crippen LogP contribution in [0.1, 0.15) is 28.4 Å². The van der Waals surface area contributed by atoms with E-state index in [9.17, 15) is 4.39 Å². The molecule has 0 saturated carbocycles. The van der Waals surface area contributed by atoms with Crippen molar-refractivity contribution in [2.24, 2.45) is 5.73 Å². The molecule has 2 N–H and O–H groups in total. The molecule has 0 aliphatic heterocycles. The number of halogens is 1. The van der Waals surface area contributed by atoms with Crippen molar-refractivity contribution in [1.82, 2.24) is 4.98 Å². The molecule has 1 aromatic heterocycles. The zero-order valence-electron chi connectivity index (χ0n) is 10.7. The van der Waals surface area contributed by atoms with Gasteiger partial charge in [-0.3, -0.25) is 4.98 Å². The molecule has 0 bridgehead atoms. The lowest BCUT2D eigenvalue weighted by molar-refractivity contribution is 0.564. The molecular formula is C15H17FN2. The van der Waals surface area contributed by atoms with E-state index in [1.54, 1.807) is 12.3 Å². The molecule has 2 aromatic rings. The lowest BCUT2D eigenvalue weighted by Gasteiger charge is -2.13. The lowest BCUT2D eigenvalue weighted by Crippen LogP contribution is -2.16. The van der Waals surface area contributed by atoms with Crippen LogP contribution in [-0.4, -0.2) is 4.98 Å². The number of rotatable bonds is 3. The molecule has 94 valence electrons. The molecule has 0 aliphatic rings. The summed E-state index contributed by atoms with van der Waals surface area (Å²) in [6.07, 6.45) is 2.16. The normalized spacial score (nSPS) is 12.4. The summed E-state index contributed by atoms with van der Waals surface area (Å²) in [5.74, 6) is -0.339. The van der Waals surface area contributed by atoms with Crippen LogP contribution in [0, 0.1) is 19.7 Å². The molecule has 1 heterocycles. The van der Waals surface area contributed by atoms with Gasteiger partial charge in [-0.15, -0.1) is 0 Å². The van der Waals surface area contributed by atoms with Gasteiger partial charge in [0.05, 0.1) is 11.7 Å². The highest BCUT2D eigenvalue weighted by molar-refractivity contribution is 5.31. The summed E-state index contributed by atoms with van der Waals surface area (Å²) in [6.45, 7) is 4.13. The first-order chi connectivity index (χ1) is 8.58. The average molecular weight is 244 g/mol. The van der Waals surface area contributed by atoms with Gasteiger partial charge in [0, 0.05) is 6.20 Å². The highest BCUT2D eigenvalue weighted by Gasteiger charge is 2.13. The van der Waals surface area contributed by atoms with E-state index in [0.29, 0.717) is 12.1 Å². The quantitative estimate of drug-likeness (QED) is 0.901. The molecule has 0 radical (unpaired) electrons. The monoisotopic (exact) mass is 244 g/mol. The Balaban J connectivity index is 2.19. The Hall–Kier alpha value is -1.74. The molecule has 1 unspecified atom stereocenters. The molecule has 1 aromatic carbocycles. The Morgan fingerprint density at radius 1 is 1.22 bits per heavy atom. The molecule has 0 aliphatic carbocycles. The van der Waals surface area contributed by atoms with Crippen LogP contribution in [-0.2, 0) is 6.42 Å². The maximum absolute atomic E-state index is 13.5. The van der Waals surface area contributed by atoms with Crippen LogP contribution in [0.2, 0.25) is 0 Å². The maximum atomic E-state index is 13.5. The SMILES string of the molecule is Cc1ccc(CC(N)c2ncccc2F)cc1C. The zero-order valence-corrected chi connectivity index (χ0v) is 10.7. The Kier molecular flexibility index (Phi) is 3.72. The topological polar surface area (TPSA) is 38.9 Å². The molecule has 1 atom stereocenters. The van der Waals surface area contributed by atoms with E-state index in [-0.39, 0.29) is 5.82 Å². The molecule has 3 heteroatoms.